The van der Waals surface area contributed by atoms with Crippen LogP contribution < -0.4 is 4.72 Å². The summed E-state index contributed by atoms with van der Waals surface area (Å²) in [4.78, 5) is 10.3. The summed E-state index contributed by atoms with van der Waals surface area (Å²) in [5, 5.41) is 8.48. The molecule has 18 heavy (non-hydrogen) atoms. The third kappa shape index (κ3) is 3.45. The maximum absolute atomic E-state index is 12.0. The Morgan fingerprint density at radius 3 is 2.50 bits per heavy atom. The first kappa shape index (κ1) is 13.8. The van der Waals surface area contributed by atoms with Crippen molar-refractivity contribution in [2.45, 2.75) is 44.9 Å². The number of carbonyl (C=O) groups is 1. The molecule has 2 saturated carbocycles. The molecule has 2 aliphatic carbocycles. The molecule has 2 N–H and O–H groups in total. The van der Waals surface area contributed by atoms with Crippen LogP contribution in [0, 0.1) is 11.3 Å². The molecule has 0 unspecified atom stereocenters. The summed E-state index contributed by atoms with van der Waals surface area (Å²) in [7, 11) is -3.25. The van der Waals surface area contributed by atoms with Gasteiger partial charge >= 0.3 is 5.97 Å². The van der Waals surface area contributed by atoms with Crippen molar-refractivity contribution in [3.05, 3.63) is 0 Å². The molecule has 0 aromatic heterocycles. The minimum atomic E-state index is -3.25. The second kappa shape index (κ2) is 5.17. The zero-order valence-electron chi connectivity index (χ0n) is 10.5. The van der Waals surface area contributed by atoms with Gasteiger partial charge in [0.25, 0.3) is 0 Å². The Bertz CT molecular complexity index is 410. The van der Waals surface area contributed by atoms with E-state index >= 15 is 0 Å². The summed E-state index contributed by atoms with van der Waals surface area (Å²) in [6.07, 6.45) is 5.84. The first-order chi connectivity index (χ1) is 8.41. The van der Waals surface area contributed by atoms with Crippen molar-refractivity contribution in [2.75, 3.05) is 12.3 Å². The molecule has 0 spiro atoms. The van der Waals surface area contributed by atoms with E-state index in [4.69, 9.17) is 5.11 Å². The van der Waals surface area contributed by atoms with Crippen LogP contribution >= 0.6 is 0 Å². The summed E-state index contributed by atoms with van der Waals surface area (Å²) in [5.41, 5.74) is 0.0172. The maximum Gasteiger partial charge on any atom is 0.303 e. The van der Waals surface area contributed by atoms with Crippen LogP contribution in [0.2, 0.25) is 0 Å². The third-order valence-electron chi connectivity index (χ3n) is 4.27. The Morgan fingerprint density at radius 2 is 2.00 bits per heavy atom. The lowest BCUT2D eigenvalue weighted by Crippen LogP contribution is -2.35. The van der Waals surface area contributed by atoms with Gasteiger partial charge in [-0.15, -0.1) is 0 Å². The van der Waals surface area contributed by atoms with Crippen molar-refractivity contribution in [3.8, 4) is 0 Å². The zero-order valence-corrected chi connectivity index (χ0v) is 11.3. The molecule has 0 aromatic rings. The van der Waals surface area contributed by atoms with Crippen LogP contribution in [0.4, 0.5) is 0 Å². The van der Waals surface area contributed by atoms with Gasteiger partial charge in [0.1, 0.15) is 0 Å². The SMILES string of the molecule is O=C(O)CCCNS(=O)(=O)CC12CCC(CC1)C2. The predicted molar refractivity (Wildman–Crippen MR) is 67.7 cm³/mol. The van der Waals surface area contributed by atoms with Crippen LogP contribution in [-0.2, 0) is 14.8 Å². The number of sulfonamides is 1. The van der Waals surface area contributed by atoms with Gasteiger partial charge in [-0.3, -0.25) is 4.79 Å². The fraction of sp³-hybridized carbons (Fsp3) is 0.917. The van der Waals surface area contributed by atoms with Crippen LogP contribution in [0.3, 0.4) is 0 Å². The van der Waals surface area contributed by atoms with Crippen LogP contribution in [0.15, 0.2) is 0 Å². The van der Waals surface area contributed by atoms with E-state index in [1.165, 1.54) is 12.8 Å². The van der Waals surface area contributed by atoms with E-state index in [0.717, 1.165) is 25.2 Å². The molecular weight excluding hydrogens is 254 g/mol. The summed E-state index contributed by atoms with van der Waals surface area (Å²) in [6, 6.07) is 0. The number of fused-ring (bicyclic) bond motifs is 2. The highest BCUT2D eigenvalue weighted by molar-refractivity contribution is 7.89. The van der Waals surface area contributed by atoms with Gasteiger partial charge in [-0.1, -0.05) is 0 Å². The lowest BCUT2D eigenvalue weighted by atomic mass is 9.87. The number of rotatable bonds is 7. The first-order valence-electron chi connectivity index (χ1n) is 6.60. The van der Waals surface area contributed by atoms with Crippen LogP contribution in [0.1, 0.15) is 44.9 Å². The maximum atomic E-state index is 12.0. The number of carboxylic acids is 1. The van der Waals surface area contributed by atoms with Gasteiger partial charge in [0, 0.05) is 13.0 Å². The van der Waals surface area contributed by atoms with Gasteiger partial charge in [-0.25, -0.2) is 13.1 Å². The topological polar surface area (TPSA) is 83.5 Å². The number of hydrogen-bond donors (Lipinski definition) is 2. The van der Waals surface area contributed by atoms with E-state index < -0.39 is 16.0 Å². The largest absolute Gasteiger partial charge is 0.481 e. The molecule has 0 amide bonds. The normalized spacial score (nSPS) is 30.8. The molecular formula is C12H21NO4S. The van der Waals surface area contributed by atoms with Crippen LogP contribution in [0.5, 0.6) is 0 Å². The van der Waals surface area contributed by atoms with E-state index in [1.807, 2.05) is 0 Å². The van der Waals surface area contributed by atoms with Crippen molar-refractivity contribution in [2.24, 2.45) is 11.3 Å². The summed E-state index contributed by atoms with van der Waals surface area (Å²) in [5.74, 6) is 0.0817. The van der Waals surface area contributed by atoms with Gasteiger partial charge in [-0.05, 0) is 49.9 Å². The van der Waals surface area contributed by atoms with Crippen molar-refractivity contribution in [1.82, 2.24) is 4.72 Å². The molecule has 2 bridgehead atoms. The molecule has 0 aromatic carbocycles. The Labute approximate surface area is 108 Å². The summed E-state index contributed by atoms with van der Waals surface area (Å²) >= 11 is 0. The average Bonchev–Trinajstić information content (AvgIpc) is 2.82. The fourth-order valence-electron chi connectivity index (χ4n) is 3.44. The predicted octanol–water partition coefficient (Wildman–Crippen LogP) is 1.35. The van der Waals surface area contributed by atoms with Crippen LogP contribution in [0.25, 0.3) is 0 Å². The summed E-state index contributed by atoms with van der Waals surface area (Å²) in [6.45, 7) is 0.230. The lowest BCUT2D eigenvalue weighted by molar-refractivity contribution is -0.137. The molecule has 2 aliphatic rings. The second-order valence-electron chi connectivity index (χ2n) is 5.80. The van der Waals surface area contributed by atoms with E-state index in [0.29, 0.717) is 6.42 Å². The van der Waals surface area contributed by atoms with Crippen LogP contribution in [-0.4, -0.2) is 31.8 Å². The summed E-state index contributed by atoms with van der Waals surface area (Å²) < 4.78 is 26.4. The van der Waals surface area contributed by atoms with Crippen molar-refractivity contribution in [1.29, 1.82) is 0 Å². The van der Waals surface area contributed by atoms with Crippen molar-refractivity contribution in [3.63, 3.8) is 0 Å². The molecule has 5 nitrogen and oxygen atoms in total. The van der Waals surface area contributed by atoms with Gasteiger partial charge in [-0.2, -0.15) is 0 Å². The molecule has 2 rings (SSSR count). The van der Waals surface area contributed by atoms with Gasteiger partial charge < -0.3 is 5.11 Å². The average molecular weight is 275 g/mol. The Morgan fingerprint density at radius 1 is 1.33 bits per heavy atom. The molecule has 104 valence electrons. The first-order valence-corrected chi connectivity index (χ1v) is 8.25. The molecule has 6 heteroatoms. The highest BCUT2D eigenvalue weighted by Gasteiger charge is 2.46. The molecule has 0 atom stereocenters. The molecule has 0 radical (unpaired) electrons. The van der Waals surface area contributed by atoms with E-state index in [1.54, 1.807) is 0 Å². The monoisotopic (exact) mass is 275 g/mol. The fourth-order valence-corrected chi connectivity index (χ4v) is 5.21. The minimum Gasteiger partial charge on any atom is -0.481 e. The Hall–Kier alpha value is -0.620. The molecule has 0 saturated heterocycles. The van der Waals surface area contributed by atoms with E-state index in [9.17, 15) is 13.2 Å². The van der Waals surface area contributed by atoms with Gasteiger partial charge in [0.2, 0.25) is 10.0 Å². The quantitative estimate of drug-likeness (QED) is 0.687. The molecule has 0 heterocycles. The zero-order chi connectivity index (χ0) is 13.2. The third-order valence-corrected chi connectivity index (χ3v) is 5.91. The smallest absolute Gasteiger partial charge is 0.303 e. The minimum absolute atomic E-state index is 0.00966. The van der Waals surface area contributed by atoms with Gasteiger partial charge in [0.05, 0.1) is 5.75 Å². The highest BCUT2D eigenvalue weighted by Crippen LogP contribution is 2.54. The lowest BCUT2D eigenvalue weighted by Gasteiger charge is -2.26. The van der Waals surface area contributed by atoms with Crippen molar-refractivity contribution >= 4 is 16.0 Å². The molecule has 2 fully saturated rings. The number of nitrogens with one attached hydrogen (secondary N) is 1. The van der Waals surface area contributed by atoms with Gasteiger partial charge in [0.15, 0.2) is 0 Å². The Kier molecular flexibility index (Phi) is 3.96. The number of hydrogen-bond acceptors (Lipinski definition) is 3. The second-order valence-corrected chi connectivity index (χ2v) is 7.61. The Balaban J connectivity index is 1.79. The van der Waals surface area contributed by atoms with E-state index in [2.05, 4.69) is 4.72 Å². The highest BCUT2D eigenvalue weighted by atomic mass is 32.2. The number of carboxylic acid groups (broad SMARTS) is 1. The van der Waals surface area contributed by atoms with Crippen molar-refractivity contribution < 1.29 is 18.3 Å². The molecule has 0 aliphatic heterocycles. The van der Waals surface area contributed by atoms with E-state index in [-0.39, 0.29) is 24.1 Å². The standard InChI is InChI=1S/C12H21NO4S/c14-11(15)2-1-7-13-18(16,17)9-12-5-3-10(8-12)4-6-12/h10,13H,1-9H2,(H,14,15). The number of aliphatic carboxylic acids is 1.